The van der Waals surface area contributed by atoms with Gasteiger partial charge in [0.25, 0.3) is 0 Å². The van der Waals surface area contributed by atoms with E-state index in [4.69, 9.17) is 0 Å². The Balaban J connectivity index is 1.18. The normalized spacial score (nSPS) is 12.1. The Morgan fingerprint density at radius 3 is 1.88 bits per heavy atom. The summed E-state index contributed by atoms with van der Waals surface area (Å²) in [4.78, 5) is 0. The number of benzene rings is 8. The zero-order chi connectivity index (χ0) is 32.1. The highest BCUT2D eigenvalue weighted by Gasteiger charge is 2.21. The molecule has 3 aromatic heterocycles. The van der Waals surface area contributed by atoms with E-state index in [2.05, 4.69) is 179 Å². The van der Waals surface area contributed by atoms with Crippen LogP contribution in [-0.2, 0) is 0 Å². The van der Waals surface area contributed by atoms with Crippen LogP contribution in [0.5, 0.6) is 0 Å². The van der Waals surface area contributed by atoms with E-state index in [1.807, 2.05) is 11.3 Å². The van der Waals surface area contributed by atoms with Gasteiger partial charge in [-0.15, -0.1) is 11.3 Å². The first-order valence-corrected chi connectivity index (χ1v) is 17.6. The van der Waals surface area contributed by atoms with Crippen molar-refractivity contribution in [1.82, 2.24) is 9.13 Å². The van der Waals surface area contributed by atoms with Crippen molar-refractivity contribution in [2.24, 2.45) is 0 Å². The zero-order valence-electron chi connectivity index (χ0n) is 26.5. The molecule has 0 amide bonds. The second kappa shape index (κ2) is 10.2. The van der Waals surface area contributed by atoms with Crippen LogP contribution >= 0.6 is 11.3 Å². The maximum atomic E-state index is 2.46. The van der Waals surface area contributed by atoms with Crippen LogP contribution in [0.3, 0.4) is 0 Å². The first-order valence-electron chi connectivity index (χ1n) is 16.8. The fourth-order valence-corrected chi connectivity index (χ4v) is 9.45. The van der Waals surface area contributed by atoms with Crippen LogP contribution in [-0.4, -0.2) is 9.13 Å². The molecule has 0 saturated heterocycles. The van der Waals surface area contributed by atoms with Crippen LogP contribution in [0.4, 0.5) is 0 Å². The fourth-order valence-electron chi connectivity index (χ4n) is 8.21. The third kappa shape index (κ3) is 3.76. The van der Waals surface area contributed by atoms with Crippen molar-refractivity contribution < 1.29 is 0 Å². The molecule has 11 aromatic rings. The van der Waals surface area contributed by atoms with Gasteiger partial charge in [0.15, 0.2) is 0 Å². The summed E-state index contributed by atoms with van der Waals surface area (Å²) in [5, 5.41) is 10.3. The summed E-state index contributed by atoms with van der Waals surface area (Å²) < 4.78 is 7.58. The lowest BCUT2D eigenvalue weighted by molar-refractivity contribution is 1.17. The van der Waals surface area contributed by atoms with E-state index in [1.54, 1.807) is 0 Å². The van der Waals surface area contributed by atoms with Crippen molar-refractivity contribution >= 4 is 85.9 Å². The average Bonchev–Trinajstić information content (AvgIpc) is 3.83. The van der Waals surface area contributed by atoms with E-state index in [0.29, 0.717) is 0 Å². The summed E-state index contributed by atoms with van der Waals surface area (Å²) in [6.07, 6.45) is 0. The molecule has 0 radical (unpaired) electrons. The molecular formula is C46H28N2S. The summed E-state index contributed by atoms with van der Waals surface area (Å²) in [6.45, 7) is 0. The van der Waals surface area contributed by atoms with Crippen LogP contribution in [0.25, 0.3) is 97.1 Å². The number of aromatic nitrogens is 2. The Bertz CT molecular complexity index is 3090. The maximum absolute atomic E-state index is 2.46. The molecular weight excluding hydrogens is 613 g/mol. The number of fused-ring (bicyclic) bond motifs is 12. The third-order valence-corrected chi connectivity index (χ3v) is 11.5. The molecule has 3 heterocycles. The van der Waals surface area contributed by atoms with Crippen LogP contribution in [0.1, 0.15) is 0 Å². The predicted octanol–water partition coefficient (Wildman–Crippen LogP) is 13.1. The lowest BCUT2D eigenvalue weighted by Gasteiger charge is -2.11. The SMILES string of the molecule is c1ccc(-n2c3ccc4c(c5ccccc5n4-c4ccc(-c5cccc6c5sc5ccccc56)cc4)c3c3ccc4ccccc4c32)cc1. The first-order chi connectivity index (χ1) is 24.3. The van der Waals surface area contributed by atoms with Crippen LogP contribution in [0.2, 0.25) is 0 Å². The number of rotatable bonds is 3. The molecule has 0 fully saturated rings. The van der Waals surface area contributed by atoms with Crippen molar-refractivity contribution in [3.8, 4) is 22.5 Å². The van der Waals surface area contributed by atoms with Crippen LogP contribution in [0.15, 0.2) is 170 Å². The summed E-state index contributed by atoms with van der Waals surface area (Å²) in [7, 11) is 0. The van der Waals surface area contributed by atoms with Gasteiger partial charge in [-0.1, -0.05) is 121 Å². The minimum atomic E-state index is 1.16. The van der Waals surface area contributed by atoms with E-state index < -0.39 is 0 Å². The maximum Gasteiger partial charge on any atom is 0.0619 e. The Labute approximate surface area is 286 Å². The molecule has 0 bridgehead atoms. The molecule has 0 N–H and O–H groups in total. The Morgan fingerprint density at radius 2 is 1.02 bits per heavy atom. The Morgan fingerprint density at radius 1 is 0.367 bits per heavy atom. The third-order valence-electron chi connectivity index (χ3n) is 10.3. The molecule has 0 atom stereocenters. The minimum absolute atomic E-state index is 1.16. The van der Waals surface area contributed by atoms with E-state index in [0.717, 1.165) is 5.69 Å². The number of hydrogen-bond donors (Lipinski definition) is 0. The number of thiophene rings is 1. The second-order valence-corrected chi connectivity index (χ2v) is 13.9. The smallest absolute Gasteiger partial charge is 0.0619 e. The van der Waals surface area contributed by atoms with Gasteiger partial charge in [0.05, 0.1) is 22.1 Å². The highest BCUT2D eigenvalue weighted by atomic mass is 32.1. The Hall–Kier alpha value is -6.16. The van der Waals surface area contributed by atoms with Gasteiger partial charge < -0.3 is 9.13 Å². The molecule has 0 saturated carbocycles. The second-order valence-electron chi connectivity index (χ2n) is 12.9. The van der Waals surface area contributed by atoms with Gasteiger partial charge in [0.1, 0.15) is 0 Å². The number of nitrogens with zero attached hydrogens (tertiary/aromatic N) is 2. The summed E-state index contributed by atoms with van der Waals surface area (Å²) >= 11 is 1.88. The van der Waals surface area contributed by atoms with Crippen molar-refractivity contribution in [1.29, 1.82) is 0 Å². The van der Waals surface area contributed by atoms with Gasteiger partial charge in [0, 0.05) is 58.5 Å². The van der Waals surface area contributed by atoms with Crippen molar-refractivity contribution in [2.75, 3.05) is 0 Å². The Kier molecular flexibility index (Phi) is 5.57. The van der Waals surface area contributed by atoms with Gasteiger partial charge in [-0.05, 0) is 65.0 Å². The lowest BCUT2D eigenvalue weighted by Crippen LogP contribution is -1.95. The fraction of sp³-hybridized carbons (Fsp3) is 0. The quantitative estimate of drug-likeness (QED) is 0.182. The lowest BCUT2D eigenvalue weighted by atomic mass is 10.0. The topological polar surface area (TPSA) is 9.86 Å². The predicted molar refractivity (Wildman–Crippen MR) is 211 cm³/mol. The summed E-state index contributed by atoms with van der Waals surface area (Å²) in [5.41, 5.74) is 9.76. The van der Waals surface area contributed by atoms with Crippen LogP contribution in [0, 0.1) is 0 Å². The average molecular weight is 641 g/mol. The first kappa shape index (κ1) is 26.9. The van der Waals surface area contributed by atoms with E-state index >= 15 is 0 Å². The van der Waals surface area contributed by atoms with Crippen molar-refractivity contribution in [3.63, 3.8) is 0 Å². The molecule has 0 spiro atoms. The summed E-state index contributed by atoms with van der Waals surface area (Å²) in [5.74, 6) is 0. The van der Waals surface area contributed by atoms with Crippen molar-refractivity contribution in [2.45, 2.75) is 0 Å². The molecule has 11 rings (SSSR count). The zero-order valence-corrected chi connectivity index (χ0v) is 27.3. The largest absolute Gasteiger partial charge is 0.309 e. The molecule has 0 aliphatic heterocycles. The molecule has 49 heavy (non-hydrogen) atoms. The highest BCUT2D eigenvalue weighted by Crippen LogP contribution is 2.45. The van der Waals surface area contributed by atoms with Gasteiger partial charge in [0.2, 0.25) is 0 Å². The molecule has 0 unspecified atom stereocenters. The van der Waals surface area contributed by atoms with E-state index in [1.165, 1.54) is 91.4 Å². The van der Waals surface area contributed by atoms with Gasteiger partial charge in [-0.25, -0.2) is 0 Å². The molecule has 8 aromatic carbocycles. The number of hydrogen-bond acceptors (Lipinski definition) is 1. The standard InChI is InChI=1S/C46H28N2S/c1-2-12-31(13-3-1)48-41-28-27-40-43(44(41)38-26-23-29-11-4-5-14-33(29)45(38)48)37-16-6-8-19-39(37)47(40)32-24-21-30(22-25-32)34-17-10-18-36-35-15-7-9-20-42(35)49-46(34)36/h1-28H. The summed E-state index contributed by atoms with van der Waals surface area (Å²) in [6, 6.07) is 62.3. The molecule has 2 nitrogen and oxygen atoms in total. The number of para-hydroxylation sites is 2. The van der Waals surface area contributed by atoms with Gasteiger partial charge >= 0.3 is 0 Å². The molecule has 0 aliphatic carbocycles. The van der Waals surface area contributed by atoms with Crippen LogP contribution < -0.4 is 0 Å². The molecule has 0 aliphatic rings. The van der Waals surface area contributed by atoms with E-state index in [9.17, 15) is 0 Å². The van der Waals surface area contributed by atoms with Crippen molar-refractivity contribution in [3.05, 3.63) is 170 Å². The van der Waals surface area contributed by atoms with Gasteiger partial charge in [-0.3, -0.25) is 0 Å². The molecule has 228 valence electrons. The molecule has 3 heteroatoms. The minimum Gasteiger partial charge on any atom is -0.309 e. The van der Waals surface area contributed by atoms with E-state index in [-0.39, 0.29) is 0 Å². The highest BCUT2D eigenvalue weighted by molar-refractivity contribution is 7.26. The van der Waals surface area contributed by atoms with Gasteiger partial charge in [-0.2, -0.15) is 0 Å². The monoisotopic (exact) mass is 640 g/mol.